The van der Waals surface area contributed by atoms with Gasteiger partial charge in [-0.15, -0.1) is 0 Å². The molecule has 0 saturated carbocycles. The molecule has 13 heteroatoms. The summed E-state index contributed by atoms with van der Waals surface area (Å²) < 4.78 is 57.7. The first kappa shape index (κ1) is 27.1. The van der Waals surface area contributed by atoms with Crippen molar-refractivity contribution in [3.05, 3.63) is 83.3 Å². The van der Waals surface area contributed by atoms with Crippen molar-refractivity contribution in [3.8, 4) is 22.5 Å². The number of benzene rings is 1. The minimum absolute atomic E-state index is 0.182. The Morgan fingerprint density at radius 3 is 2.33 bits per heavy atom. The van der Waals surface area contributed by atoms with Gasteiger partial charge in [0, 0.05) is 23.5 Å². The fourth-order valence-corrected chi connectivity index (χ4v) is 3.60. The van der Waals surface area contributed by atoms with Gasteiger partial charge in [0.1, 0.15) is 23.2 Å². The van der Waals surface area contributed by atoms with Gasteiger partial charge >= 0.3 is 12.3 Å². The van der Waals surface area contributed by atoms with Crippen LogP contribution in [0.2, 0.25) is 0 Å². The van der Waals surface area contributed by atoms with E-state index in [1.54, 1.807) is 32.0 Å². The van der Waals surface area contributed by atoms with E-state index in [-0.39, 0.29) is 17.1 Å². The normalized spacial score (nSPS) is 11.2. The molecule has 2 amide bonds. The van der Waals surface area contributed by atoms with E-state index < -0.39 is 29.7 Å². The molecule has 2 N–H and O–H groups in total. The van der Waals surface area contributed by atoms with Crippen LogP contribution in [0.3, 0.4) is 0 Å². The molecule has 0 bridgehead atoms. The molecule has 200 valence electrons. The summed E-state index contributed by atoms with van der Waals surface area (Å²) in [4.78, 5) is 40.4. The maximum Gasteiger partial charge on any atom is 0.433 e. The number of alkyl halides is 3. The zero-order valence-electron chi connectivity index (χ0n) is 20.7. The highest BCUT2D eigenvalue weighted by molar-refractivity contribution is 6.04. The van der Waals surface area contributed by atoms with Crippen LogP contribution >= 0.6 is 0 Å². The van der Waals surface area contributed by atoms with E-state index in [0.717, 1.165) is 12.3 Å². The number of pyridine rings is 2. The average Bonchev–Trinajstić information content (AvgIpc) is 2.89. The number of anilines is 2. The van der Waals surface area contributed by atoms with Crippen molar-refractivity contribution in [3.63, 3.8) is 0 Å². The largest absolute Gasteiger partial charge is 0.453 e. The molecule has 9 nitrogen and oxygen atoms in total. The molecule has 0 atom stereocenters. The molecule has 0 aliphatic heterocycles. The van der Waals surface area contributed by atoms with Crippen LogP contribution in [0.15, 0.2) is 54.9 Å². The number of nitrogens with zero attached hydrogens (tertiary/aromatic N) is 4. The molecule has 4 rings (SSSR count). The van der Waals surface area contributed by atoms with Gasteiger partial charge in [0.05, 0.1) is 29.7 Å². The highest BCUT2D eigenvalue weighted by atomic mass is 19.4. The van der Waals surface area contributed by atoms with Crippen molar-refractivity contribution in [2.24, 2.45) is 0 Å². The lowest BCUT2D eigenvalue weighted by Gasteiger charge is -2.13. The molecular formula is C26H20F4N6O3. The zero-order valence-corrected chi connectivity index (χ0v) is 20.7. The Morgan fingerprint density at radius 1 is 0.923 bits per heavy atom. The number of hydrogen-bond acceptors (Lipinski definition) is 7. The van der Waals surface area contributed by atoms with Gasteiger partial charge in [0.15, 0.2) is 0 Å². The molecular weight excluding hydrogens is 520 g/mol. The van der Waals surface area contributed by atoms with E-state index in [9.17, 15) is 27.2 Å². The third kappa shape index (κ3) is 6.32. The number of rotatable bonds is 5. The summed E-state index contributed by atoms with van der Waals surface area (Å²) in [5.74, 6) is -0.958. The third-order valence-electron chi connectivity index (χ3n) is 5.46. The van der Waals surface area contributed by atoms with Gasteiger partial charge in [0.25, 0.3) is 5.91 Å². The van der Waals surface area contributed by atoms with E-state index in [2.05, 4.69) is 35.3 Å². The molecule has 0 aliphatic carbocycles. The third-order valence-corrected chi connectivity index (χ3v) is 5.46. The summed E-state index contributed by atoms with van der Waals surface area (Å²) in [5.41, 5.74) is 0.954. The SMILES string of the molecule is COC(=O)Nc1cc(-c2cc(-c3cc(NC(=O)c4ccc(C(F)(F)F)nc4)c(F)cc3C)nc(C)n2)ccn1. The smallest absolute Gasteiger partial charge is 0.433 e. The molecule has 1 aromatic carbocycles. The monoisotopic (exact) mass is 540 g/mol. The van der Waals surface area contributed by atoms with Gasteiger partial charge in [-0.05, 0) is 61.9 Å². The van der Waals surface area contributed by atoms with Gasteiger partial charge in [-0.3, -0.25) is 15.1 Å². The van der Waals surface area contributed by atoms with Crippen LogP contribution in [0, 0.1) is 19.7 Å². The Bertz CT molecular complexity index is 1560. The van der Waals surface area contributed by atoms with E-state index in [0.29, 0.717) is 40.0 Å². The first-order valence-electron chi connectivity index (χ1n) is 11.3. The van der Waals surface area contributed by atoms with E-state index in [4.69, 9.17) is 0 Å². The van der Waals surface area contributed by atoms with Crippen molar-refractivity contribution in [1.29, 1.82) is 0 Å². The number of carbonyl (C=O) groups excluding carboxylic acids is 2. The van der Waals surface area contributed by atoms with Crippen molar-refractivity contribution >= 4 is 23.5 Å². The zero-order chi connectivity index (χ0) is 28.3. The van der Waals surface area contributed by atoms with Crippen LogP contribution < -0.4 is 10.6 Å². The molecule has 0 radical (unpaired) electrons. The van der Waals surface area contributed by atoms with Crippen molar-refractivity contribution in [2.75, 3.05) is 17.7 Å². The van der Waals surface area contributed by atoms with Gasteiger partial charge in [0.2, 0.25) is 0 Å². The molecule has 3 heterocycles. The van der Waals surface area contributed by atoms with Crippen LogP contribution in [0.4, 0.5) is 33.9 Å². The summed E-state index contributed by atoms with van der Waals surface area (Å²) in [6.45, 7) is 3.33. The number of aryl methyl sites for hydroxylation is 2. The van der Waals surface area contributed by atoms with Crippen LogP contribution in [0.5, 0.6) is 0 Å². The second kappa shape index (κ2) is 10.8. The van der Waals surface area contributed by atoms with Crippen LogP contribution in [0.25, 0.3) is 22.5 Å². The fourth-order valence-electron chi connectivity index (χ4n) is 3.60. The Labute approximate surface area is 219 Å². The van der Waals surface area contributed by atoms with Gasteiger partial charge in [-0.25, -0.2) is 24.1 Å². The number of halogens is 4. The number of aromatic nitrogens is 4. The summed E-state index contributed by atoms with van der Waals surface area (Å²) in [6.07, 6.45) is -3.10. The van der Waals surface area contributed by atoms with Crippen LogP contribution in [-0.2, 0) is 10.9 Å². The Balaban J connectivity index is 1.66. The lowest BCUT2D eigenvalue weighted by molar-refractivity contribution is -0.141. The van der Waals surface area contributed by atoms with Gasteiger partial charge in [-0.1, -0.05) is 0 Å². The highest BCUT2D eigenvalue weighted by Gasteiger charge is 2.32. The standard InChI is InChI=1S/C26H20F4N6O3/c1-13-8-18(27)21(35-24(37)16-4-5-22(32-12-16)26(28,29)30)10-17(13)20-11-19(33-14(2)34-20)15-6-7-31-23(9-15)36-25(38)39-3/h4-12H,1-3H3,(H,35,37)(H,31,36,38). The maximum atomic E-state index is 14.8. The van der Waals surface area contributed by atoms with E-state index in [1.807, 2.05) is 0 Å². The lowest BCUT2D eigenvalue weighted by atomic mass is 10.0. The van der Waals surface area contributed by atoms with Crippen molar-refractivity contribution in [1.82, 2.24) is 19.9 Å². The number of hydrogen-bond donors (Lipinski definition) is 2. The molecule has 4 aromatic rings. The summed E-state index contributed by atoms with van der Waals surface area (Å²) in [6, 6.07) is 9.12. The highest BCUT2D eigenvalue weighted by Crippen LogP contribution is 2.31. The minimum atomic E-state index is -4.66. The summed E-state index contributed by atoms with van der Waals surface area (Å²) in [5, 5.41) is 4.85. The molecule has 0 unspecified atom stereocenters. The van der Waals surface area contributed by atoms with E-state index in [1.165, 1.54) is 25.4 Å². The molecule has 0 spiro atoms. The Hall–Kier alpha value is -4.94. The lowest BCUT2D eigenvalue weighted by Crippen LogP contribution is -2.15. The summed E-state index contributed by atoms with van der Waals surface area (Å²) >= 11 is 0. The minimum Gasteiger partial charge on any atom is -0.453 e. The Morgan fingerprint density at radius 2 is 1.67 bits per heavy atom. The maximum absolute atomic E-state index is 14.8. The molecule has 0 fully saturated rings. The Kier molecular flexibility index (Phi) is 7.51. The van der Waals surface area contributed by atoms with Crippen molar-refractivity contribution in [2.45, 2.75) is 20.0 Å². The number of ether oxygens (including phenoxy) is 1. The van der Waals surface area contributed by atoms with Crippen molar-refractivity contribution < 1.29 is 31.9 Å². The number of carbonyl (C=O) groups is 2. The van der Waals surface area contributed by atoms with Crippen LogP contribution in [-0.4, -0.2) is 39.0 Å². The predicted molar refractivity (Wildman–Crippen MR) is 133 cm³/mol. The number of methoxy groups -OCH3 is 1. The molecule has 0 saturated heterocycles. The number of nitrogens with one attached hydrogen (secondary N) is 2. The number of amides is 2. The van der Waals surface area contributed by atoms with Gasteiger partial charge < -0.3 is 10.1 Å². The molecule has 0 aliphatic rings. The fraction of sp³-hybridized carbons (Fsp3) is 0.154. The average molecular weight is 540 g/mol. The van der Waals surface area contributed by atoms with E-state index >= 15 is 0 Å². The first-order chi connectivity index (χ1) is 18.4. The first-order valence-corrected chi connectivity index (χ1v) is 11.3. The topological polar surface area (TPSA) is 119 Å². The summed E-state index contributed by atoms with van der Waals surface area (Å²) in [7, 11) is 1.22. The second-order valence-corrected chi connectivity index (χ2v) is 8.26. The predicted octanol–water partition coefficient (Wildman–Crippen LogP) is 5.81. The van der Waals surface area contributed by atoms with Gasteiger partial charge in [-0.2, -0.15) is 13.2 Å². The van der Waals surface area contributed by atoms with Crippen LogP contribution in [0.1, 0.15) is 27.4 Å². The molecule has 3 aromatic heterocycles. The quantitative estimate of drug-likeness (QED) is 0.307. The molecule has 39 heavy (non-hydrogen) atoms. The second-order valence-electron chi connectivity index (χ2n) is 8.26.